The third kappa shape index (κ3) is 7.03. The number of nitrogens with zero attached hydrogens (tertiary/aromatic N) is 1. The third-order valence-electron chi connectivity index (χ3n) is 2.81. The molecule has 108 valence electrons. The molecule has 0 fully saturated rings. The highest BCUT2D eigenvalue weighted by molar-refractivity contribution is 5.31. The first-order valence-electron chi connectivity index (χ1n) is 6.84. The molecule has 0 saturated heterocycles. The van der Waals surface area contributed by atoms with Gasteiger partial charge in [0.25, 0.3) is 0 Å². The first-order valence-corrected chi connectivity index (χ1v) is 6.84. The maximum atomic E-state index is 9.20. The van der Waals surface area contributed by atoms with E-state index in [0.29, 0.717) is 13.2 Å². The predicted molar refractivity (Wildman–Crippen MR) is 76.9 cm³/mol. The van der Waals surface area contributed by atoms with Crippen molar-refractivity contribution in [3.8, 4) is 11.5 Å². The Kier molecular flexibility index (Phi) is 7.30. The first-order chi connectivity index (χ1) is 9.11. The van der Waals surface area contributed by atoms with Gasteiger partial charge in [0.1, 0.15) is 18.1 Å². The SMILES string of the molecule is CCOc1ccc(OCCN(C)CCC(C)O)cc1. The van der Waals surface area contributed by atoms with Gasteiger partial charge < -0.3 is 19.5 Å². The van der Waals surface area contributed by atoms with Gasteiger partial charge in [-0.15, -0.1) is 0 Å². The number of hydrogen-bond donors (Lipinski definition) is 1. The average Bonchev–Trinajstić information content (AvgIpc) is 2.39. The van der Waals surface area contributed by atoms with Crippen LogP contribution in [0.3, 0.4) is 0 Å². The van der Waals surface area contributed by atoms with Gasteiger partial charge in [0.05, 0.1) is 12.7 Å². The summed E-state index contributed by atoms with van der Waals surface area (Å²) in [5.41, 5.74) is 0. The van der Waals surface area contributed by atoms with Crippen LogP contribution >= 0.6 is 0 Å². The summed E-state index contributed by atoms with van der Waals surface area (Å²) in [5.74, 6) is 1.72. The number of hydrogen-bond acceptors (Lipinski definition) is 4. The van der Waals surface area contributed by atoms with Crippen molar-refractivity contribution in [3.63, 3.8) is 0 Å². The van der Waals surface area contributed by atoms with Crippen LogP contribution in [0.5, 0.6) is 11.5 Å². The fourth-order valence-corrected chi connectivity index (χ4v) is 1.64. The minimum absolute atomic E-state index is 0.241. The van der Waals surface area contributed by atoms with Gasteiger partial charge >= 0.3 is 0 Å². The molecule has 1 rings (SSSR count). The van der Waals surface area contributed by atoms with Crippen LogP contribution in [-0.2, 0) is 0 Å². The molecule has 0 spiro atoms. The first kappa shape index (κ1) is 15.8. The summed E-state index contributed by atoms with van der Waals surface area (Å²) >= 11 is 0. The van der Waals surface area contributed by atoms with E-state index in [-0.39, 0.29) is 6.10 Å². The second kappa shape index (κ2) is 8.77. The number of aliphatic hydroxyl groups is 1. The third-order valence-corrected chi connectivity index (χ3v) is 2.81. The van der Waals surface area contributed by atoms with E-state index in [1.807, 2.05) is 45.2 Å². The highest BCUT2D eigenvalue weighted by atomic mass is 16.5. The minimum Gasteiger partial charge on any atom is -0.494 e. The van der Waals surface area contributed by atoms with Crippen molar-refractivity contribution >= 4 is 0 Å². The minimum atomic E-state index is -0.241. The number of rotatable bonds is 9. The van der Waals surface area contributed by atoms with E-state index in [0.717, 1.165) is 31.0 Å². The monoisotopic (exact) mass is 267 g/mol. The van der Waals surface area contributed by atoms with Crippen LogP contribution in [0.4, 0.5) is 0 Å². The molecule has 4 heteroatoms. The van der Waals surface area contributed by atoms with Crippen LogP contribution in [0.1, 0.15) is 20.3 Å². The normalized spacial score (nSPS) is 12.5. The molecule has 1 aromatic carbocycles. The van der Waals surface area contributed by atoms with Gasteiger partial charge in [-0.25, -0.2) is 0 Å². The van der Waals surface area contributed by atoms with Crippen molar-refractivity contribution in [2.45, 2.75) is 26.4 Å². The topological polar surface area (TPSA) is 41.9 Å². The Bertz CT molecular complexity index is 338. The van der Waals surface area contributed by atoms with E-state index < -0.39 is 0 Å². The smallest absolute Gasteiger partial charge is 0.119 e. The predicted octanol–water partition coefficient (Wildman–Crippen LogP) is 2.17. The molecule has 0 aliphatic rings. The highest BCUT2D eigenvalue weighted by Gasteiger charge is 2.02. The molecule has 0 saturated carbocycles. The fourth-order valence-electron chi connectivity index (χ4n) is 1.64. The summed E-state index contributed by atoms with van der Waals surface area (Å²) in [6, 6.07) is 7.66. The Morgan fingerprint density at radius 3 is 2.21 bits per heavy atom. The highest BCUT2D eigenvalue weighted by Crippen LogP contribution is 2.17. The summed E-state index contributed by atoms with van der Waals surface area (Å²) < 4.78 is 11.0. The Balaban J connectivity index is 2.21. The lowest BCUT2D eigenvalue weighted by atomic mass is 10.3. The van der Waals surface area contributed by atoms with E-state index in [2.05, 4.69) is 4.90 Å². The molecule has 1 unspecified atom stereocenters. The molecule has 0 amide bonds. The van der Waals surface area contributed by atoms with E-state index in [1.54, 1.807) is 0 Å². The molecule has 0 heterocycles. The standard InChI is InChI=1S/C15H25NO3/c1-4-18-14-5-7-15(8-6-14)19-12-11-16(3)10-9-13(2)17/h5-8,13,17H,4,9-12H2,1-3H3. The summed E-state index contributed by atoms with van der Waals surface area (Å²) in [7, 11) is 2.03. The number of likely N-dealkylation sites (N-methyl/N-ethyl adjacent to an activating group) is 1. The number of aliphatic hydroxyl groups excluding tert-OH is 1. The lowest BCUT2D eigenvalue weighted by Crippen LogP contribution is -2.27. The summed E-state index contributed by atoms with van der Waals surface area (Å²) in [6.45, 7) is 6.82. The summed E-state index contributed by atoms with van der Waals surface area (Å²) in [6.07, 6.45) is 0.550. The summed E-state index contributed by atoms with van der Waals surface area (Å²) in [4.78, 5) is 2.15. The summed E-state index contributed by atoms with van der Waals surface area (Å²) in [5, 5.41) is 9.20. The lowest BCUT2D eigenvalue weighted by molar-refractivity contribution is 0.157. The molecular weight excluding hydrogens is 242 g/mol. The van der Waals surface area contributed by atoms with Crippen LogP contribution in [0, 0.1) is 0 Å². The van der Waals surface area contributed by atoms with E-state index >= 15 is 0 Å². The molecule has 0 aromatic heterocycles. The van der Waals surface area contributed by atoms with E-state index in [9.17, 15) is 5.11 Å². The van der Waals surface area contributed by atoms with Crippen LogP contribution < -0.4 is 9.47 Å². The average molecular weight is 267 g/mol. The van der Waals surface area contributed by atoms with Gasteiger partial charge in [0, 0.05) is 13.1 Å². The van der Waals surface area contributed by atoms with Crippen LogP contribution in [0.25, 0.3) is 0 Å². The zero-order valence-corrected chi connectivity index (χ0v) is 12.1. The van der Waals surface area contributed by atoms with Gasteiger partial charge in [-0.2, -0.15) is 0 Å². The molecule has 0 aliphatic carbocycles. The zero-order chi connectivity index (χ0) is 14.1. The molecule has 1 aromatic rings. The van der Waals surface area contributed by atoms with Crippen molar-refractivity contribution in [2.24, 2.45) is 0 Å². The molecule has 0 bridgehead atoms. The van der Waals surface area contributed by atoms with Crippen LogP contribution in [0.2, 0.25) is 0 Å². The molecule has 0 aliphatic heterocycles. The molecule has 4 nitrogen and oxygen atoms in total. The van der Waals surface area contributed by atoms with Crippen molar-refractivity contribution in [1.29, 1.82) is 0 Å². The van der Waals surface area contributed by atoms with Crippen molar-refractivity contribution in [2.75, 3.05) is 33.4 Å². The maximum absolute atomic E-state index is 9.20. The van der Waals surface area contributed by atoms with E-state index in [1.165, 1.54) is 0 Å². The Morgan fingerprint density at radius 1 is 1.11 bits per heavy atom. The second-order valence-electron chi connectivity index (χ2n) is 4.69. The molecule has 0 radical (unpaired) electrons. The van der Waals surface area contributed by atoms with Gasteiger partial charge in [-0.05, 0) is 51.6 Å². The van der Waals surface area contributed by atoms with Crippen LogP contribution in [0.15, 0.2) is 24.3 Å². The molecule has 1 N–H and O–H groups in total. The van der Waals surface area contributed by atoms with Gasteiger partial charge in [0.15, 0.2) is 0 Å². The second-order valence-corrected chi connectivity index (χ2v) is 4.69. The van der Waals surface area contributed by atoms with E-state index in [4.69, 9.17) is 9.47 Å². The zero-order valence-electron chi connectivity index (χ0n) is 12.1. The molecule has 1 atom stereocenters. The molecule has 19 heavy (non-hydrogen) atoms. The van der Waals surface area contributed by atoms with Gasteiger partial charge in [0.2, 0.25) is 0 Å². The Morgan fingerprint density at radius 2 is 1.68 bits per heavy atom. The maximum Gasteiger partial charge on any atom is 0.119 e. The van der Waals surface area contributed by atoms with Crippen molar-refractivity contribution in [3.05, 3.63) is 24.3 Å². The lowest BCUT2D eigenvalue weighted by Gasteiger charge is -2.17. The fraction of sp³-hybridized carbons (Fsp3) is 0.600. The van der Waals surface area contributed by atoms with Gasteiger partial charge in [-0.3, -0.25) is 0 Å². The quantitative estimate of drug-likeness (QED) is 0.744. The number of ether oxygens (including phenoxy) is 2. The van der Waals surface area contributed by atoms with Gasteiger partial charge in [-0.1, -0.05) is 0 Å². The number of benzene rings is 1. The Labute approximate surface area is 115 Å². The van der Waals surface area contributed by atoms with Crippen LogP contribution in [-0.4, -0.2) is 49.5 Å². The Hall–Kier alpha value is -1.26. The largest absolute Gasteiger partial charge is 0.494 e. The van der Waals surface area contributed by atoms with Crippen molar-refractivity contribution in [1.82, 2.24) is 4.90 Å². The van der Waals surface area contributed by atoms with Crippen molar-refractivity contribution < 1.29 is 14.6 Å². The molecular formula is C15H25NO3.